The van der Waals surface area contributed by atoms with Gasteiger partial charge in [0.2, 0.25) is 0 Å². The molecule has 0 aliphatic heterocycles. The number of phenols is 1. The first kappa shape index (κ1) is 9.40. The van der Waals surface area contributed by atoms with Crippen LogP contribution >= 0.6 is 0 Å². The van der Waals surface area contributed by atoms with Gasteiger partial charge in [0.25, 0.3) is 5.92 Å². The molecule has 0 heterocycles. The standard InChI is InChI=1S/C10H11F2NO/c11-10(12)5-9(13,6-10)7-3-1-2-4-8(7)14/h1-4,14H,5-6,13H2. The summed E-state index contributed by atoms with van der Waals surface area (Å²) in [5, 5.41) is 9.46. The van der Waals surface area contributed by atoms with E-state index in [1.807, 2.05) is 0 Å². The van der Waals surface area contributed by atoms with Crippen molar-refractivity contribution in [2.45, 2.75) is 24.3 Å². The fourth-order valence-corrected chi connectivity index (χ4v) is 1.96. The maximum absolute atomic E-state index is 12.7. The van der Waals surface area contributed by atoms with Crippen molar-refractivity contribution in [2.75, 3.05) is 0 Å². The summed E-state index contributed by atoms with van der Waals surface area (Å²) in [6.45, 7) is 0. The average molecular weight is 199 g/mol. The Labute approximate surface area is 80.4 Å². The fourth-order valence-electron chi connectivity index (χ4n) is 1.96. The lowest BCUT2D eigenvalue weighted by molar-refractivity contribution is -0.125. The van der Waals surface area contributed by atoms with E-state index >= 15 is 0 Å². The fraction of sp³-hybridized carbons (Fsp3) is 0.400. The molecule has 0 bridgehead atoms. The van der Waals surface area contributed by atoms with Gasteiger partial charge in [-0.15, -0.1) is 0 Å². The predicted octanol–water partition coefficient (Wildman–Crippen LogP) is 1.98. The molecule has 0 spiro atoms. The van der Waals surface area contributed by atoms with E-state index in [0.717, 1.165) is 0 Å². The van der Waals surface area contributed by atoms with E-state index in [4.69, 9.17) is 5.73 Å². The van der Waals surface area contributed by atoms with Crippen LogP contribution < -0.4 is 5.73 Å². The van der Waals surface area contributed by atoms with Crippen molar-refractivity contribution >= 4 is 0 Å². The van der Waals surface area contributed by atoms with Gasteiger partial charge >= 0.3 is 0 Å². The Bertz CT molecular complexity index is 357. The number of hydrogen-bond donors (Lipinski definition) is 2. The molecule has 1 fully saturated rings. The van der Waals surface area contributed by atoms with Gasteiger partial charge in [0, 0.05) is 18.4 Å². The van der Waals surface area contributed by atoms with E-state index in [1.165, 1.54) is 6.07 Å². The highest BCUT2D eigenvalue weighted by Gasteiger charge is 2.55. The van der Waals surface area contributed by atoms with E-state index in [0.29, 0.717) is 5.56 Å². The van der Waals surface area contributed by atoms with Gasteiger partial charge in [-0.3, -0.25) is 0 Å². The maximum Gasteiger partial charge on any atom is 0.252 e. The summed E-state index contributed by atoms with van der Waals surface area (Å²) >= 11 is 0. The summed E-state index contributed by atoms with van der Waals surface area (Å²) in [6, 6.07) is 6.37. The number of hydrogen-bond acceptors (Lipinski definition) is 2. The highest BCUT2D eigenvalue weighted by Crippen LogP contribution is 2.51. The second-order valence-corrected chi connectivity index (χ2v) is 3.88. The Morgan fingerprint density at radius 1 is 1.21 bits per heavy atom. The van der Waals surface area contributed by atoms with Crippen molar-refractivity contribution < 1.29 is 13.9 Å². The molecule has 0 aromatic heterocycles. The van der Waals surface area contributed by atoms with Crippen LogP contribution in [0.3, 0.4) is 0 Å². The average Bonchev–Trinajstić information content (AvgIpc) is 2.00. The van der Waals surface area contributed by atoms with E-state index < -0.39 is 24.3 Å². The minimum absolute atomic E-state index is 0.00880. The Balaban J connectivity index is 2.30. The molecule has 1 aliphatic rings. The van der Waals surface area contributed by atoms with Crippen LogP contribution in [-0.2, 0) is 5.54 Å². The molecule has 1 aromatic rings. The third kappa shape index (κ3) is 1.35. The van der Waals surface area contributed by atoms with Gasteiger partial charge in [0.15, 0.2) is 0 Å². The minimum Gasteiger partial charge on any atom is -0.508 e. The van der Waals surface area contributed by atoms with Crippen LogP contribution in [-0.4, -0.2) is 11.0 Å². The summed E-state index contributed by atoms with van der Waals surface area (Å²) in [5.74, 6) is -2.69. The van der Waals surface area contributed by atoms with Crippen molar-refractivity contribution in [3.05, 3.63) is 29.8 Å². The van der Waals surface area contributed by atoms with Gasteiger partial charge < -0.3 is 10.8 Å². The number of halogens is 2. The molecule has 4 heteroatoms. The molecule has 0 atom stereocenters. The van der Waals surface area contributed by atoms with E-state index in [-0.39, 0.29) is 5.75 Å². The topological polar surface area (TPSA) is 46.2 Å². The molecule has 3 N–H and O–H groups in total. The van der Waals surface area contributed by atoms with E-state index in [2.05, 4.69) is 0 Å². The summed E-state index contributed by atoms with van der Waals surface area (Å²) in [4.78, 5) is 0. The van der Waals surface area contributed by atoms with Gasteiger partial charge in [-0.05, 0) is 6.07 Å². The van der Waals surface area contributed by atoms with Gasteiger partial charge in [-0.1, -0.05) is 18.2 Å². The molecular weight excluding hydrogens is 188 g/mol. The summed E-state index contributed by atoms with van der Waals surface area (Å²) in [6.07, 6.45) is -0.783. The molecule has 0 amide bonds. The molecule has 0 unspecified atom stereocenters. The third-order valence-corrected chi connectivity index (χ3v) is 2.59. The van der Waals surface area contributed by atoms with Crippen LogP contribution in [0.25, 0.3) is 0 Å². The lowest BCUT2D eigenvalue weighted by Crippen LogP contribution is -2.55. The second-order valence-electron chi connectivity index (χ2n) is 3.88. The van der Waals surface area contributed by atoms with Crippen molar-refractivity contribution in [1.29, 1.82) is 0 Å². The molecule has 0 saturated heterocycles. The molecule has 76 valence electrons. The Kier molecular flexibility index (Phi) is 1.79. The van der Waals surface area contributed by atoms with Gasteiger partial charge in [-0.2, -0.15) is 0 Å². The normalized spacial score (nSPS) is 22.8. The zero-order chi connectivity index (χ0) is 10.4. The summed E-state index contributed by atoms with van der Waals surface area (Å²) in [7, 11) is 0. The first-order valence-electron chi connectivity index (χ1n) is 4.38. The molecule has 1 aliphatic carbocycles. The second kappa shape index (κ2) is 2.67. The quantitative estimate of drug-likeness (QED) is 0.726. The number of nitrogens with two attached hydrogens (primary N) is 1. The van der Waals surface area contributed by atoms with Crippen molar-refractivity contribution in [3.8, 4) is 5.75 Å². The molecule has 1 aromatic carbocycles. The monoisotopic (exact) mass is 199 g/mol. The number of benzene rings is 1. The van der Waals surface area contributed by atoms with Crippen LogP contribution in [0.2, 0.25) is 0 Å². The number of rotatable bonds is 1. The summed E-state index contributed by atoms with van der Waals surface area (Å²) < 4.78 is 25.4. The number of alkyl halides is 2. The molecule has 0 radical (unpaired) electrons. The lowest BCUT2D eigenvalue weighted by Gasteiger charge is -2.44. The maximum atomic E-state index is 12.7. The SMILES string of the molecule is NC1(c2ccccc2O)CC(F)(F)C1. The molecular formula is C10H11F2NO. The molecule has 2 rings (SSSR count). The van der Waals surface area contributed by atoms with Crippen LogP contribution in [0.4, 0.5) is 8.78 Å². The Morgan fingerprint density at radius 3 is 2.29 bits per heavy atom. The van der Waals surface area contributed by atoms with Crippen LogP contribution in [0, 0.1) is 0 Å². The van der Waals surface area contributed by atoms with Crippen LogP contribution in [0.15, 0.2) is 24.3 Å². The van der Waals surface area contributed by atoms with Gasteiger partial charge in [0.1, 0.15) is 5.75 Å². The van der Waals surface area contributed by atoms with E-state index in [9.17, 15) is 13.9 Å². The highest BCUT2D eigenvalue weighted by molar-refractivity contribution is 5.40. The van der Waals surface area contributed by atoms with Crippen molar-refractivity contribution in [3.63, 3.8) is 0 Å². The Hall–Kier alpha value is -1.16. The first-order chi connectivity index (χ1) is 6.43. The minimum atomic E-state index is -2.68. The predicted molar refractivity (Wildman–Crippen MR) is 48.2 cm³/mol. The lowest BCUT2D eigenvalue weighted by atomic mass is 9.69. The molecule has 14 heavy (non-hydrogen) atoms. The highest BCUT2D eigenvalue weighted by atomic mass is 19.3. The van der Waals surface area contributed by atoms with Crippen molar-refractivity contribution in [2.24, 2.45) is 5.73 Å². The molecule has 1 saturated carbocycles. The largest absolute Gasteiger partial charge is 0.508 e. The number of aromatic hydroxyl groups is 1. The number of para-hydroxylation sites is 1. The van der Waals surface area contributed by atoms with Gasteiger partial charge in [0.05, 0.1) is 5.54 Å². The van der Waals surface area contributed by atoms with Gasteiger partial charge in [-0.25, -0.2) is 8.78 Å². The summed E-state index contributed by atoms with van der Waals surface area (Å²) in [5.41, 5.74) is 5.11. The molecule has 2 nitrogen and oxygen atoms in total. The number of phenolic OH excluding ortho intramolecular Hbond substituents is 1. The van der Waals surface area contributed by atoms with Crippen LogP contribution in [0.5, 0.6) is 5.75 Å². The first-order valence-corrected chi connectivity index (χ1v) is 4.38. The van der Waals surface area contributed by atoms with Crippen LogP contribution in [0.1, 0.15) is 18.4 Å². The third-order valence-electron chi connectivity index (χ3n) is 2.59. The van der Waals surface area contributed by atoms with Crippen molar-refractivity contribution in [1.82, 2.24) is 0 Å². The Morgan fingerprint density at radius 2 is 1.79 bits per heavy atom. The zero-order valence-corrected chi connectivity index (χ0v) is 7.50. The smallest absolute Gasteiger partial charge is 0.252 e. The zero-order valence-electron chi connectivity index (χ0n) is 7.50. The van der Waals surface area contributed by atoms with E-state index in [1.54, 1.807) is 18.2 Å².